The molecule has 2 aliphatic rings. The zero-order valence-corrected chi connectivity index (χ0v) is 12.6. The van der Waals surface area contributed by atoms with Crippen LogP contribution in [0.1, 0.15) is 43.2 Å². The zero-order valence-electron chi connectivity index (χ0n) is 12.6. The third-order valence-electron chi connectivity index (χ3n) is 4.43. The lowest BCUT2D eigenvalue weighted by molar-refractivity contribution is -0.126. The maximum absolute atomic E-state index is 12.2. The van der Waals surface area contributed by atoms with Gasteiger partial charge in [-0.05, 0) is 43.0 Å². The molecule has 0 spiro atoms. The summed E-state index contributed by atoms with van der Waals surface area (Å²) in [7, 11) is 0. The van der Waals surface area contributed by atoms with Crippen LogP contribution >= 0.6 is 0 Å². The molecule has 4 nitrogen and oxygen atoms in total. The van der Waals surface area contributed by atoms with Gasteiger partial charge < -0.3 is 14.8 Å². The summed E-state index contributed by atoms with van der Waals surface area (Å²) in [5.41, 5.74) is 2.23. The predicted molar refractivity (Wildman–Crippen MR) is 80.6 cm³/mol. The third kappa shape index (κ3) is 3.31. The predicted octanol–water partition coefficient (Wildman–Crippen LogP) is 2.96. The number of amides is 1. The number of nitrogens with one attached hydrogen (secondary N) is 1. The van der Waals surface area contributed by atoms with Crippen LogP contribution in [0.25, 0.3) is 0 Å². The van der Waals surface area contributed by atoms with Crippen LogP contribution in [-0.2, 0) is 11.3 Å². The fraction of sp³-hybridized carbons (Fsp3) is 0.588. The van der Waals surface area contributed by atoms with Gasteiger partial charge in [0.15, 0.2) is 11.5 Å². The number of ether oxygens (including phenoxy) is 2. The van der Waals surface area contributed by atoms with Crippen LogP contribution in [0.15, 0.2) is 12.1 Å². The topological polar surface area (TPSA) is 47.6 Å². The Labute approximate surface area is 125 Å². The number of aryl methyl sites for hydroxylation is 1. The number of hydrogen-bond acceptors (Lipinski definition) is 3. The largest absolute Gasteiger partial charge is 0.486 e. The molecule has 1 fully saturated rings. The van der Waals surface area contributed by atoms with Crippen LogP contribution in [0.2, 0.25) is 0 Å². The highest BCUT2D eigenvalue weighted by molar-refractivity contribution is 5.78. The molecule has 0 saturated heterocycles. The minimum Gasteiger partial charge on any atom is -0.486 e. The van der Waals surface area contributed by atoms with Gasteiger partial charge in [0.2, 0.25) is 5.91 Å². The summed E-state index contributed by atoms with van der Waals surface area (Å²) in [4.78, 5) is 12.2. The van der Waals surface area contributed by atoms with E-state index in [4.69, 9.17) is 9.47 Å². The van der Waals surface area contributed by atoms with Crippen molar-refractivity contribution in [1.82, 2.24) is 5.32 Å². The molecule has 1 aromatic rings. The lowest BCUT2D eigenvalue weighted by atomic mass is 9.88. The highest BCUT2D eigenvalue weighted by atomic mass is 16.6. The van der Waals surface area contributed by atoms with E-state index < -0.39 is 0 Å². The molecule has 21 heavy (non-hydrogen) atoms. The Morgan fingerprint density at radius 1 is 1.14 bits per heavy atom. The van der Waals surface area contributed by atoms with Gasteiger partial charge in [0.25, 0.3) is 0 Å². The van der Waals surface area contributed by atoms with Crippen molar-refractivity contribution in [1.29, 1.82) is 0 Å². The van der Waals surface area contributed by atoms with Crippen LogP contribution in [0.4, 0.5) is 0 Å². The van der Waals surface area contributed by atoms with Crippen molar-refractivity contribution in [2.45, 2.75) is 45.6 Å². The Morgan fingerprint density at radius 2 is 1.81 bits per heavy atom. The molecule has 1 aliphatic carbocycles. The number of hydrogen-bond donors (Lipinski definition) is 1. The Hall–Kier alpha value is -1.71. The third-order valence-corrected chi connectivity index (χ3v) is 4.43. The molecule has 1 aliphatic heterocycles. The molecule has 1 amide bonds. The first kappa shape index (κ1) is 14.2. The molecule has 0 unspecified atom stereocenters. The van der Waals surface area contributed by atoms with Gasteiger partial charge in [-0.25, -0.2) is 0 Å². The van der Waals surface area contributed by atoms with Gasteiger partial charge in [0, 0.05) is 12.5 Å². The molecule has 1 aromatic carbocycles. The number of rotatable bonds is 3. The monoisotopic (exact) mass is 289 g/mol. The first-order chi connectivity index (χ1) is 10.2. The highest BCUT2D eigenvalue weighted by Crippen LogP contribution is 2.33. The van der Waals surface area contributed by atoms with Gasteiger partial charge in [-0.1, -0.05) is 19.3 Å². The number of benzene rings is 1. The van der Waals surface area contributed by atoms with Crippen molar-refractivity contribution in [2.75, 3.05) is 13.2 Å². The fourth-order valence-electron chi connectivity index (χ4n) is 3.11. The standard InChI is InChI=1S/C17H23NO3/c1-12-9-15-16(21-8-7-20-15)10-14(12)11-18-17(19)13-5-3-2-4-6-13/h9-10,13H,2-8,11H2,1H3,(H,18,19). The van der Waals surface area contributed by atoms with Crippen molar-refractivity contribution in [3.63, 3.8) is 0 Å². The lowest BCUT2D eigenvalue weighted by Gasteiger charge is -2.22. The molecule has 3 rings (SSSR count). The van der Waals surface area contributed by atoms with Gasteiger partial charge in [0.1, 0.15) is 13.2 Å². The Balaban J connectivity index is 1.63. The molecule has 1 N–H and O–H groups in total. The summed E-state index contributed by atoms with van der Waals surface area (Å²) >= 11 is 0. The molecule has 1 saturated carbocycles. The minimum absolute atomic E-state index is 0.198. The second-order valence-electron chi connectivity index (χ2n) is 5.98. The van der Waals surface area contributed by atoms with Crippen LogP contribution in [0, 0.1) is 12.8 Å². The van der Waals surface area contributed by atoms with E-state index in [9.17, 15) is 4.79 Å². The Morgan fingerprint density at radius 3 is 2.52 bits per heavy atom. The maximum atomic E-state index is 12.2. The Bertz CT molecular complexity index is 521. The van der Waals surface area contributed by atoms with Crippen LogP contribution in [0.5, 0.6) is 11.5 Å². The van der Waals surface area contributed by atoms with Crippen molar-refractivity contribution in [2.24, 2.45) is 5.92 Å². The van der Waals surface area contributed by atoms with Gasteiger partial charge in [0.05, 0.1) is 0 Å². The quantitative estimate of drug-likeness (QED) is 0.930. The number of fused-ring (bicyclic) bond motifs is 1. The van der Waals surface area contributed by atoms with Crippen LogP contribution in [-0.4, -0.2) is 19.1 Å². The van der Waals surface area contributed by atoms with Crippen molar-refractivity contribution >= 4 is 5.91 Å². The van der Waals surface area contributed by atoms with E-state index in [2.05, 4.69) is 5.32 Å². The average Bonchev–Trinajstić information content (AvgIpc) is 2.53. The summed E-state index contributed by atoms with van der Waals surface area (Å²) < 4.78 is 11.2. The normalized spacial score (nSPS) is 18.3. The molecule has 4 heteroatoms. The van der Waals surface area contributed by atoms with Crippen LogP contribution in [0.3, 0.4) is 0 Å². The van der Waals surface area contributed by atoms with E-state index >= 15 is 0 Å². The molecule has 0 aromatic heterocycles. The minimum atomic E-state index is 0.198. The van der Waals surface area contributed by atoms with E-state index in [1.165, 1.54) is 19.3 Å². The summed E-state index contributed by atoms with van der Waals surface area (Å²) in [5.74, 6) is 2.00. The van der Waals surface area contributed by atoms with E-state index in [0.29, 0.717) is 19.8 Å². The summed E-state index contributed by atoms with van der Waals surface area (Å²) in [6.45, 7) is 3.80. The summed E-state index contributed by atoms with van der Waals surface area (Å²) in [6.07, 6.45) is 5.70. The molecule has 114 valence electrons. The van der Waals surface area contributed by atoms with E-state index in [0.717, 1.165) is 35.5 Å². The van der Waals surface area contributed by atoms with Gasteiger partial charge in [-0.2, -0.15) is 0 Å². The van der Waals surface area contributed by atoms with Crippen molar-refractivity contribution in [3.8, 4) is 11.5 Å². The van der Waals surface area contributed by atoms with Gasteiger partial charge in [-0.15, -0.1) is 0 Å². The first-order valence-electron chi connectivity index (χ1n) is 7.91. The summed E-state index contributed by atoms with van der Waals surface area (Å²) in [6, 6.07) is 3.99. The maximum Gasteiger partial charge on any atom is 0.223 e. The zero-order chi connectivity index (χ0) is 14.7. The van der Waals surface area contributed by atoms with Gasteiger partial charge >= 0.3 is 0 Å². The fourth-order valence-corrected chi connectivity index (χ4v) is 3.11. The smallest absolute Gasteiger partial charge is 0.223 e. The van der Waals surface area contributed by atoms with E-state index in [1.54, 1.807) is 0 Å². The lowest BCUT2D eigenvalue weighted by Crippen LogP contribution is -2.31. The number of carbonyl (C=O) groups is 1. The highest BCUT2D eigenvalue weighted by Gasteiger charge is 2.21. The second-order valence-corrected chi connectivity index (χ2v) is 5.98. The molecular formula is C17H23NO3. The SMILES string of the molecule is Cc1cc2c(cc1CNC(=O)C1CCCCC1)OCCO2. The molecular weight excluding hydrogens is 266 g/mol. The van der Waals surface area contributed by atoms with Gasteiger partial charge in [-0.3, -0.25) is 4.79 Å². The first-order valence-corrected chi connectivity index (χ1v) is 7.91. The Kier molecular flexibility index (Phi) is 4.32. The average molecular weight is 289 g/mol. The second kappa shape index (κ2) is 6.37. The van der Waals surface area contributed by atoms with Crippen molar-refractivity contribution < 1.29 is 14.3 Å². The summed E-state index contributed by atoms with van der Waals surface area (Å²) in [5, 5.41) is 3.08. The van der Waals surface area contributed by atoms with E-state index in [-0.39, 0.29) is 11.8 Å². The molecule has 1 heterocycles. The van der Waals surface area contributed by atoms with Crippen molar-refractivity contribution in [3.05, 3.63) is 23.3 Å². The van der Waals surface area contributed by atoms with Crippen LogP contribution < -0.4 is 14.8 Å². The molecule has 0 radical (unpaired) electrons. The molecule has 0 atom stereocenters. The molecule has 0 bridgehead atoms. The van der Waals surface area contributed by atoms with E-state index in [1.807, 2.05) is 19.1 Å². The number of carbonyl (C=O) groups excluding carboxylic acids is 1.